The third-order valence-corrected chi connectivity index (χ3v) is 7.50. The van der Waals surface area contributed by atoms with Crippen LogP contribution in [0.1, 0.15) is 16.7 Å². The van der Waals surface area contributed by atoms with Crippen LogP contribution in [0.5, 0.6) is 5.75 Å². The van der Waals surface area contributed by atoms with E-state index >= 15 is 0 Å². The Labute approximate surface area is 218 Å². The number of rotatable bonds is 5. The van der Waals surface area contributed by atoms with E-state index in [1.807, 2.05) is 73.7 Å². The number of aryl methyl sites for hydroxylation is 1. The molecule has 0 spiro atoms. The molecule has 3 aromatic rings. The highest BCUT2D eigenvalue weighted by atomic mass is 79.9. The third kappa shape index (κ3) is 5.13. The molecule has 3 nitrogen and oxygen atoms in total. The monoisotopic (exact) mass is 607 g/mol. The van der Waals surface area contributed by atoms with E-state index in [0.29, 0.717) is 26.6 Å². The molecule has 0 aromatic heterocycles. The second-order valence-corrected chi connectivity index (χ2v) is 10.9. The lowest BCUT2D eigenvalue weighted by Crippen LogP contribution is -2.28. The molecule has 0 unspecified atom stereocenters. The van der Waals surface area contributed by atoms with Crippen molar-refractivity contribution in [2.24, 2.45) is 0 Å². The lowest BCUT2D eigenvalue weighted by Gasteiger charge is -2.16. The maximum Gasteiger partial charge on any atom is 0.270 e. The number of amides is 1. The summed E-state index contributed by atoms with van der Waals surface area (Å²) in [7, 11) is 0. The number of halogens is 3. The van der Waals surface area contributed by atoms with Gasteiger partial charge in [-0.25, -0.2) is 0 Å². The summed E-state index contributed by atoms with van der Waals surface area (Å²) in [6, 6.07) is 19.1. The number of hydrogen-bond donors (Lipinski definition) is 0. The van der Waals surface area contributed by atoms with Gasteiger partial charge in [0.1, 0.15) is 12.4 Å². The molecule has 1 saturated heterocycles. The van der Waals surface area contributed by atoms with Gasteiger partial charge >= 0.3 is 0 Å². The first-order chi connectivity index (χ1) is 15.3. The SMILES string of the molecule is Cc1ccccc1N1C(=O)/C(=C\c2cc(Br)c(OCc3ccc(Cl)cc3)c(Br)c2)SC1=S. The summed E-state index contributed by atoms with van der Waals surface area (Å²) in [5.74, 6) is 0.564. The van der Waals surface area contributed by atoms with Gasteiger partial charge in [-0.3, -0.25) is 9.69 Å². The van der Waals surface area contributed by atoms with E-state index in [1.165, 1.54) is 11.8 Å². The minimum absolute atomic E-state index is 0.121. The van der Waals surface area contributed by atoms with Crippen LogP contribution in [0.15, 0.2) is 74.5 Å². The largest absolute Gasteiger partial charge is 0.487 e. The van der Waals surface area contributed by atoms with E-state index in [-0.39, 0.29) is 5.91 Å². The number of hydrogen-bond acceptors (Lipinski definition) is 4. The molecule has 0 atom stereocenters. The Bertz CT molecular complexity index is 1220. The smallest absolute Gasteiger partial charge is 0.270 e. The first kappa shape index (κ1) is 23.5. The summed E-state index contributed by atoms with van der Waals surface area (Å²) in [5.41, 5.74) is 3.68. The topological polar surface area (TPSA) is 29.5 Å². The van der Waals surface area contributed by atoms with Crippen LogP contribution in [0, 0.1) is 6.92 Å². The zero-order chi connectivity index (χ0) is 22.8. The van der Waals surface area contributed by atoms with Crippen LogP contribution in [0.2, 0.25) is 5.02 Å². The molecule has 0 aliphatic carbocycles. The molecule has 0 radical (unpaired) electrons. The zero-order valence-electron chi connectivity index (χ0n) is 16.8. The second kappa shape index (κ2) is 10.1. The number of benzene rings is 3. The van der Waals surface area contributed by atoms with Gasteiger partial charge in [0, 0.05) is 5.02 Å². The van der Waals surface area contributed by atoms with E-state index in [1.54, 1.807) is 4.90 Å². The normalized spacial score (nSPS) is 15.0. The fourth-order valence-electron chi connectivity index (χ4n) is 3.18. The molecular weight excluding hydrogens is 594 g/mol. The average Bonchev–Trinajstić information content (AvgIpc) is 3.02. The Kier molecular flexibility index (Phi) is 7.42. The standard InChI is InChI=1S/C24H16Br2ClNO2S2/c1-14-4-2-3-5-20(14)28-23(29)21(32-24(28)31)12-16-10-18(25)22(19(26)11-16)30-13-15-6-8-17(27)9-7-15/h2-12H,13H2,1H3/b21-12+. The van der Waals surface area contributed by atoms with Gasteiger partial charge in [-0.1, -0.05) is 65.9 Å². The molecule has 3 aromatic carbocycles. The summed E-state index contributed by atoms with van der Waals surface area (Å²) >= 11 is 19.9. The van der Waals surface area contributed by atoms with Crippen LogP contribution in [-0.2, 0) is 11.4 Å². The van der Waals surface area contributed by atoms with E-state index < -0.39 is 0 Å². The van der Waals surface area contributed by atoms with Gasteiger partial charge in [0.25, 0.3) is 5.91 Å². The van der Waals surface area contributed by atoms with Gasteiger partial charge < -0.3 is 4.74 Å². The molecule has 1 aliphatic rings. The molecule has 0 N–H and O–H groups in total. The first-order valence-corrected chi connectivity index (χ1v) is 12.7. The van der Waals surface area contributed by atoms with Crippen LogP contribution in [0.4, 0.5) is 5.69 Å². The van der Waals surface area contributed by atoms with Crippen molar-refractivity contribution >= 4 is 89.4 Å². The van der Waals surface area contributed by atoms with Crippen molar-refractivity contribution in [1.82, 2.24) is 0 Å². The predicted molar refractivity (Wildman–Crippen MR) is 144 cm³/mol. The average molecular weight is 610 g/mol. The second-order valence-electron chi connectivity index (χ2n) is 7.03. The van der Waals surface area contributed by atoms with Crippen molar-refractivity contribution in [3.8, 4) is 5.75 Å². The van der Waals surface area contributed by atoms with Crippen LogP contribution >= 0.6 is 67.4 Å². The number of anilines is 1. The number of carbonyl (C=O) groups is 1. The quantitative estimate of drug-likeness (QED) is 0.216. The van der Waals surface area contributed by atoms with Crippen molar-refractivity contribution in [2.75, 3.05) is 4.90 Å². The van der Waals surface area contributed by atoms with Gasteiger partial charge in [0.2, 0.25) is 0 Å². The van der Waals surface area contributed by atoms with Gasteiger partial charge in [0.05, 0.1) is 19.5 Å². The van der Waals surface area contributed by atoms with Gasteiger partial charge in [-0.15, -0.1) is 0 Å². The number of nitrogens with zero attached hydrogens (tertiary/aromatic N) is 1. The molecule has 1 heterocycles. The Morgan fingerprint density at radius 3 is 2.41 bits per heavy atom. The number of thiocarbonyl (C=S) groups is 1. The van der Waals surface area contributed by atoms with Crippen LogP contribution in [-0.4, -0.2) is 10.2 Å². The number of carbonyl (C=O) groups excluding carboxylic acids is 1. The van der Waals surface area contributed by atoms with Crippen molar-refractivity contribution in [3.63, 3.8) is 0 Å². The molecule has 1 fully saturated rings. The highest BCUT2D eigenvalue weighted by molar-refractivity contribution is 9.11. The van der Waals surface area contributed by atoms with Crippen molar-refractivity contribution < 1.29 is 9.53 Å². The Morgan fingerprint density at radius 1 is 1.09 bits per heavy atom. The number of para-hydroxylation sites is 1. The lowest BCUT2D eigenvalue weighted by molar-refractivity contribution is -0.113. The van der Waals surface area contributed by atoms with Crippen molar-refractivity contribution in [3.05, 3.63) is 96.2 Å². The van der Waals surface area contributed by atoms with Gasteiger partial charge in [-0.2, -0.15) is 0 Å². The van der Waals surface area contributed by atoms with E-state index in [0.717, 1.165) is 31.3 Å². The Hall–Kier alpha value is -1.64. The minimum Gasteiger partial charge on any atom is -0.487 e. The first-order valence-electron chi connectivity index (χ1n) is 9.53. The van der Waals surface area contributed by atoms with E-state index in [4.69, 9.17) is 28.6 Å². The fraction of sp³-hybridized carbons (Fsp3) is 0.0833. The molecule has 32 heavy (non-hydrogen) atoms. The number of thioether (sulfide) groups is 1. The van der Waals surface area contributed by atoms with E-state index in [2.05, 4.69) is 31.9 Å². The van der Waals surface area contributed by atoms with Crippen molar-refractivity contribution in [2.45, 2.75) is 13.5 Å². The summed E-state index contributed by atoms with van der Waals surface area (Å²) in [4.78, 5) is 15.3. The molecule has 1 amide bonds. The molecule has 1 aliphatic heterocycles. The molecule has 4 rings (SSSR count). The van der Waals surface area contributed by atoms with Crippen molar-refractivity contribution in [1.29, 1.82) is 0 Å². The summed E-state index contributed by atoms with van der Waals surface area (Å²) < 4.78 is 8.07. The lowest BCUT2D eigenvalue weighted by atomic mass is 10.1. The maximum absolute atomic E-state index is 13.1. The van der Waals surface area contributed by atoms with Crippen LogP contribution in [0.3, 0.4) is 0 Å². The van der Waals surface area contributed by atoms with Gasteiger partial charge in [0.15, 0.2) is 4.32 Å². The summed E-state index contributed by atoms with van der Waals surface area (Å²) in [5, 5.41) is 0.688. The van der Waals surface area contributed by atoms with Crippen LogP contribution in [0.25, 0.3) is 6.08 Å². The predicted octanol–water partition coefficient (Wildman–Crippen LogP) is 8.16. The summed E-state index contributed by atoms with van der Waals surface area (Å²) in [6.45, 7) is 2.37. The molecule has 0 saturated carbocycles. The Balaban J connectivity index is 1.55. The highest BCUT2D eigenvalue weighted by Crippen LogP contribution is 2.40. The molecule has 8 heteroatoms. The molecule has 162 valence electrons. The Morgan fingerprint density at radius 2 is 1.75 bits per heavy atom. The maximum atomic E-state index is 13.1. The highest BCUT2D eigenvalue weighted by Gasteiger charge is 2.34. The van der Waals surface area contributed by atoms with Gasteiger partial charge in [-0.05, 0) is 91.9 Å². The number of ether oxygens (including phenoxy) is 1. The third-order valence-electron chi connectivity index (χ3n) is 4.76. The molecular formula is C24H16Br2ClNO2S2. The minimum atomic E-state index is -0.121. The fourth-order valence-corrected chi connectivity index (χ4v) is 6.04. The molecule has 0 bridgehead atoms. The van der Waals surface area contributed by atoms with Crippen LogP contribution < -0.4 is 9.64 Å². The summed E-state index contributed by atoms with van der Waals surface area (Å²) in [6.07, 6.45) is 1.84. The van der Waals surface area contributed by atoms with E-state index in [9.17, 15) is 4.79 Å². The zero-order valence-corrected chi connectivity index (χ0v) is 22.3.